The summed E-state index contributed by atoms with van der Waals surface area (Å²) in [6.07, 6.45) is 4.95. The third-order valence-corrected chi connectivity index (χ3v) is 2.95. The first kappa shape index (κ1) is 10.5. The van der Waals surface area contributed by atoms with Crippen molar-refractivity contribution in [3.63, 3.8) is 0 Å². The van der Waals surface area contributed by atoms with E-state index in [4.69, 9.17) is 10.00 Å². The Kier molecular flexibility index (Phi) is 4.24. The number of nitrogens with zero attached hydrogens (tertiary/aromatic N) is 1. The number of hydrogen-bond donors (Lipinski definition) is 0. The van der Waals surface area contributed by atoms with Crippen LogP contribution in [0.15, 0.2) is 0 Å². The molecule has 0 amide bonds. The van der Waals surface area contributed by atoms with Gasteiger partial charge in [-0.1, -0.05) is 13.3 Å². The lowest BCUT2D eigenvalue weighted by atomic mass is 9.87. The molecule has 1 saturated carbocycles. The molecule has 0 N–H and O–H groups in total. The van der Waals surface area contributed by atoms with E-state index >= 15 is 0 Å². The zero-order valence-electron chi connectivity index (χ0n) is 8.20. The van der Waals surface area contributed by atoms with Gasteiger partial charge in [-0.2, -0.15) is 5.26 Å². The van der Waals surface area contributed by atoms with Crippen molar-refractivity contribution in [2.45, 2.75) is 19.3 Å². The van der Waals surface area contributed by atoms with Gasteiger partial charge in [0.2, 0.25) is 0 Å². The fraction of sp³-hybridized carbons (Fsp3) is 0.727. The minimum atomic E-state index is 0.428. The zero-order chi connectivity index (χ0) is 9.68. The minimum absolute atomic E-state index is 0.428. The molecule has 0 saturated heterocycles. The van der Waals surface area contributed by atoms with E-state index in [1.165, 1.54) is 0 Å². The van der Waals surface area contributed by atoms with Crippen molar-refractivity contribution in [1.82, 2.24) is 0 Å². The molecule has 72 valence electrons. The summed E-state index contributed by atoms with van der Waals surface area (Å²) < 4.78 is 5.18. The largest absolute Gasteiger partial charge is 0.384 e. The van der Waals surface area contributed by atoms with Crippen LogP contribution in [0.4, 0.5) is 0 Å². The van der Waals surface area contributed by atoms with Gasteiger partial charge in [0.1, 0.15) is 0 Å². The third kappa shape index (κ3) is 2.45. The summed E-state index contributed by atoms with van der Waals surface area (Å²) in [5.74, 6) is 1.57. The molecule has 3 unspecified atom stereocenters. The minimum Gasteiger partial charge on any atom is -0.384 e. The van der Waals surface area contributed by atoms with E-state index in [2.05, 4.69) is 19.4 Å². The highest BCUT2D eigenvalue weighted by Gasteiger charge is 2.34. The summed E-state index contributed by atoms with van der Waals surface area (Å²) in [5, 5.41) is 8.65. The van der Waals surface area contributed by atoms with Gasteiger partial charge in [-0.15, -0.1) is 0 Å². The number of nitriles is 1. The Morgan fingerprint density at radius 1 is 1.69 bits per heavy atom. The molecule has 0 spiro atoms. The van der Waals surface area contributed by atoms with E-state index in [1.54, 1.807) is 7.11 Å². The summed E-state index contributed by atoms with van der Waals surface area (Å²) in [4.78, 5) is 0. The van der Waals surface area contributed by atoms with Gasteiger partial charge >= 0.3 is 0 Å². The van der Waals surface area contributed by atoms with Crippen LogP contribution in [0.5, 0.6) is 0 Å². The molecule has 0 heterocycles. The Bertz CT molecular complexity index is 185. The molecule has 0 aromatic heterocycles. The first-order chi connectivity index (χ1) is 6.33. The lowest BCUT2D eigenvalue weighted by Crippen LogP contribution is -2.19. The molecule has 2 heteroatoms. The van der Waals surface area contributed by atoms with Crippen LogP contribution in [0.1, 0.15) is 19.3 Å². The summed E-state index contributed by atoms with van der Waals surface area (Å²) in [6.45, 7) is 4.70. The lowest BCUT2D eigenvalue weighted by molar-refractivity contribution is 0.113. The van der Waals surface area contributed by atoms with Crippen LogP contribution in [0.2, 0.25) is 0 Å². The topological polar surface area (TPSA) is 33.0 Å². The summed E-state index contributed by atoms with van der Waals surface area (Å²) in [6, 6.07) is 2.24. The van der Waals surface area contributed by atoms with Crippen LogP contribution in [-0.2, 0) is 4.74 Å². The zero-order valence-corrected chi connectivity index (χ0v) is 8.20. The van der Waals surface area contributed by atoms with Crippen molar-refractivity contribution in [2.75, 3.05) is 13.7 Å². The second-order valence-corrected chi connectivity index (χ2v) is 3.67. The molecule has 13 heavy (non-hydrogen) atoms. The maximum atomic E-state index is 8.65. The fourth-order valence-corrected chi connectivity index (χ4v) is 2.17. The SMILES string of the molecule is [CH2]CC1C[CH]C(CC#N)C1COC. The molecular formula is C11H17NO. The van der Waals surface area contributed by atoms with E-state index in [0.717, 1.165) is 19.4 Å². The highest BCUT2D eigenvalue weighted by atomic mass is 16.5. The Balaban J connectivity index is 2.51. The molecule has 0 bridgehead atoms. The van der Waals surface area contributed by atoms with Gasteiger partial charge in [0.25, 0.3) is 0 Å². The van der Waals surface area contributed by atoms with Crippen LogP contribution < -0.4 is 0 Å². The van der Waals surface area contributed by atoms with Gasteiger partial charge in [0, 0.05) is 20.1 Å². The maximum Gasteiger partial charge on any atom is 0.0624 e. The van der Waals surface area contributed by atoms with E-state index in [-0.39, 0.29) is 0 Å². The van der Waals surface area contributed by atoms with Gasteiger partial charge < -0.3 is 4.74 Å². The van der Waals surface area contributed by atoms with Crippen LogP contribution in [-0.4, -0.2) is 13.7 Å². The number of hydrogen-bond acceptors (Lipinski definition) is 2. The standard InChI is InChI=1S/C11H17NO/c1-3-9-4-5-10(6-7-12)11(9)8-13-2/h5,9-11H,1,3-4,6,8H2,2H3. The quantitative estimate of drug-likeness (QED) is 0.663. The molecule has 2 nitrogen and oxygen atoms in total. The van der Waals surface area contributed by atoms with Crippen molar-refractivity contribution in [3.05, 3.63) is 13.3 Å². The van der Waals surface area contributed by atoms with Crippen molar-refractivity contribution >= 4 is 0 Å². The molecular weight excluding hydrogens is 162 g/mol. The van der Waals surface area contributed by atoms with Gasteiger partial charge in [-0.25, -0.2) is 0 Å². The van der Waals surface area contributed by atoms with Gasteiger partial charge in [-0.05, 0) is 30.6 Å². The smallest absolute Gasteiger partial charge is 0.0624 e. The summed E-state index contributed by atoms with van der Waals surface area (Å²) >= 11 is 0. The first-order valence-corrected chi connectivity index (χ1v) is 4.82. The fourth-order valence-electron chi connectivity index (χ4n) is 2.17. The average molecular weight is 179 g/mol. The number of methoxy groups -OCH3 is 1. The Morgan fingerprint density at radius 3 is 3.00 bits per heavy atom. The molecule has 0 aliphatic heterocycles. The predicted molar refractivity (Wildman–Crippen MR) is 51.5 cm³/mol. The molecule has 1 aliphatic rings. The average Bonchev–Trinajstić information content (AvgIpc) is 2.50. The van der Waals surface area contributed by atoms with Crippen molar-refractivity contribution in [1.29, 1.82) is 5.26 Å². The third-order valence-electron chi connectivity index (χ3n) is 2.95. The van der Waals surface area contributed by atoms with Gasteiger partial charge in [0.15, 0.2) is 0 Å². The van der Waals surface area contributed by atoms with Crippen LogP contribution in [0, 0.1) is 42.4 Å². The van der Waals surface area contributed by atoms with Crippen LogP contribution in [0.25, 0.3) is 0 Å². The van der Waals surface area contributed by atoms with Gasteiger partial charge in [-0.3, -0.25) is 0 Å². The van der Waals surface area contributed by atoms with E-state index < -0.39 is 0 Å². The van der Waals surface area contributed by atoms with E-state index in [1.807, 2.05) is 0 Å². The molecule has 0 aromatic carbocycles. The van der Waals surface area contributed by atoms with E-state index in [9.17, 15) is 0 Å². The monoisotopic (exact) mass is 179 g/mol. The molecule has 1 aliphatic carbocycles. The summed E-state index contributed by atoms with van der Waals surface area (Å²) in [7, 11) is 1.72. The van der Waals surface area contributed by atoms with Gasteiger partial charge in [0.05, 0.1) is 6.07 Å². The predicted octanol–water partition coefficient (Wildman–Crippen LogP) is 2.23. The number of rotatable bonds is 4. The molecule has 2 radical (unpaired) electrons. The maximum absolute atomic E-state index is 8.65. The normalized spacial score (nSPS) is 33.2. The number of ether oxygens (including phenoxy) is 1. The van der Waals surface area contributed by atoms with Crippen LogP contribution in [0.3, 0.4) is 0 Å². The second-order valence-electron chi connectivity index (χ2n) is 3.67. The highest BCUT2D eigenvalue weighted by Crippen LogP contribution is 2.39. The van der Waals surface area contributed by atoms with Crippen molar-refractivity contribution in [2.24, 2.45) is 17.8 Å². The molecule has 0 aromatic rings. The van der Waals surface area contributed by atoms with Crippen LogP contribution >= 0.6 is 0 Å². The molecule has 3 atom stereocenters. The lowest BCUT2D eigenvalue weighted by Gasteiger charge is -2.21. The summed E-state index contributed by atoms with van der Waals surface area (Å²) in [5.41, 5.74) is 0. The van der Waals surface area contributed by atoms with E-state index in [0.29, 0.717) is 24.2 Å². The van der Waals surface area contributed by atoms with Crippen molar-refractivity contribution in [3.8, 4) is 6.07 Å². The Morgan fingerprint density at radius 2 is 2.46 bits per heavy atom. The Hall–Kier alpha value is -0.550. The second kappa shape index (κ2) is 5.24. The Labute approximate surface area is 80.9 Å². The van der Waals surface area contributed by atoms with Crippen molar-refractivity contribution < 1.29 is 4.74 Å². The first-order valence-electron chi connectivity index (χ1n) is 4.82. The highest BCUT2D eigenvalue weighted by molar-refractivity contribution is 4.99. The molecule has 1 fully saturated rings. The molecule has 1 rings (SSSR count).